The molecule has 1 rings (SSSR count). The number of nitrogens with two attached hydrogens (primary N) is 1. The van der Waals surface area contributed by atoms with Crippen LogP contribution in [0.2, 0.25) is 0 Å². The first kappa shape index (κ1) is 16.5. The van der Waals surface area contributed by atoms with Gasteiger partial charge in [0, 0.05) is 18.7 Å². The molecule has 0 aromatic heterocycles. The zero-order chi connectivity index (χ0) is 15.1. The van der Waals surface area contributed by atoms with Crippen molar-refractivity contribution < 1.29 is 9.18 Å². The molecule has 0 fully saturated rings. The number of hydrogen-bond acceptors (Lipinski definition) is 3. The van der Waals surface area contributed by atoms with Crippen LogP contribution < -0.4 is 11.1 Å². The molecule has 0 bridgehead atoms. The summed E-state index contributed by atoms with van der Waals surface area (Å²) in [7, 11) is 1.83. The number of nitrogens with zero attached hydrogens (tertiary/aromatic N) is 1. The largest absolute Gasteiger partial charge is 0.389 e. The first-order chi connectivity index (χ1) is 9.43. The van der Waals surface area contributed by atoms with Crippen molar-refractivity contribution in [3.8, 4) is 0 Å². The van der Waals surface area contributed by atoms with Crippen LogP contribution in [0.15, 0.2) is 18.2 Å². The average molecular weight is 297 g/mol. The highest BCUT2D eigenvalue weighted by atomic mass is 32.1. The zero-order valence-corrected chi connectivity index (χ0v) is 12.6. The highest BCUT2D eigenvalue weighted by Crippen LogP contribution is 2.12. The molecule has 20 heavy (non-hydrogen) atoms. The third kappa shape index (κ3) is 5.22. The van der Waals surface area contributed by atoms with Crippen LogP contribution in [-0.4, -0.2) is 35.9 Å². The average Bonchev–Trinajstić information content (AvgIpc) is 2.38. The van der Waals surface area contributed by atoms with Gasteiger partial charge in [0.25, 0.3) is 0 Å². The highest BCUT2D eigenvalue weighted by Gasteiger charge is 2.10. The molecule has 0 aliphatic carbocycles. The normalized spacial score (nSPS) is 10.6. The molecule has 0 aliphatic rings. The van der Waals surface area contributed by atoms with E-state index >= 15 is 0 Å². The van der Waals surface area contributed by atoms with E-state index in [1.807, 2.05) is 18.9 Å². The number of likely N-dealkylation sites (N-methyl/N-ethyl adjacent to an activating group) is 1. The van der Waals surface area contributed by atoms with Gasteiger partial charge in [0.05, 0.1) is 6.54 Å². The summed E-state index contributed by atoms with van der Waals surface area (Å²) in [5.74, 6) is -0.448. The summed E-state index contributed by atoms with van der Waals surface area (Å²) in [4.78, 5) is 13.5. The van der Waals surface area contributed by atoms with Gasteiger partial charge in [-0.1, -0.05) is 25.2 Å². The number of halogens is 1. The second-order valence-electron chi connectivity index (χ2n) is 4.70. The van der Waals surface area contributed by atoms with E-state index in [-0.39, 0.29) is 16.5 Å². The summed E-state index contributed by atoms with van der Waals surface area (Å²) < 4.78 is 13.5. The zero-order valence-electron chi connectivity index (χ0n) is 11.8. The van der Waals surface area contributed by atoms with Crippen LogP contribution in [-0.2, 0) is 11.3 Å². The SMILES string of the molecule is CCCNC(=O)CN(C)Cc1ccc(F)c(C(N)=S)c1. The fourth-order valence-electron chi connectivity index (χ4n) is 1.79. The van der Waals surface area contributed by atoms with Gasteiger partial charge in [0.15, 0.2) is 0 Å². The van der Waals surface area contributed by atoms with Crippen molar-refractivity contribution in [1.82, 2.24) is 10.2 Å². The molecular weight excluding hydrogens is 277 g/mol. The number of benzene rings is 1. The van der Waals surface area contributed by atoms with E-state index in [0.717, 1.165) is 12.0 Å². The minimum atomic E-state index is -0.426. The van der Waals surface area contributed by atoms with Gasteiger partial charge in [0.2, 0.25) is 5.91 Å². The highest BCUT2D eigenvalue weighted by molar-refractivity contribution is 7.80. The van der Waals surface area contributed by atoms with E-state index in [1.54, 1.807) is 12.1 Å². The summed E-state index contributed by atoms with van der Waals surface area (Å²) in [6.07, 6.45) is 0.907. The lowest BCUT2D eigenvalue weighted by atomic mass is 10.1. The van der Waals surface area contributed by atoms with Gasteiger partial charge in [-0.3, -0.25) is 9.69 Å². The molecule has 6 heteroatoms. The van der Waals surface area contributed by atoms with Crippen LogP contribution in [0, 0.1) is 5.82 Å². The maximum Gasteiger partial charge on any atom is 0.234 e. The maximum absolute atomic E-state index is 13.5. The number of carbonyl (C=O) groups excluding carboxylic acids is 1. The lowest BCUT2D eigenvalue weighted by molar-refractivity contribution is -0.122. The molecule has 0 saturated carbocycles. The third-order valence-corrected chi connectivity index (χ3v) is 2.95. The molecule has 1 amide bonds. The van der Waals surface area contributed by atoms with Crippen molar-refractivity contribution in [2.75, 3.05) is 20.1 Å². The van der Waals surface area contributed by atoms with Crippen molar-refractivity contribution in [2.24, 2.45) is 5.73 Å². The number of thiocarbonyl (C=S) groups is 1. The van der Waals surface area contributed by atoms with Crippen LogP contribution in [0.5, 0.6) is 0 Å². The third-order valence-electron chi connectivity index (χ3n) is 2.73. The van der Waals surface area contributed by atoms with Crippen molar-refractivity contribution >= 4 is 23.1 Å². The Morgan fingerprint density at radius 3 is 2.80 bits per heavy atom. The van der Waals surface area contributed by atoms with Crippen LogP contribution in [0.4, 0.5) is 4.39 Å². The van der Waals surface area contributed by atoms with Crippen molar-refractivity contribution in [2.45, 2.75) is 19.9 Å². The number of carbonyl (C=O) groups is 1. The summed E-state index contributed by atoms with van der Waals surface area (Å²) >= 11 is 4.80. The van der Waals surface area contributed by atoms with Crippen LogP contribution in [0.25, 0.3) is 0 Å². The van der Waals surface area contributed by atoms with Crippen LogP contribution >= 0.6 is 12.2 Å². The quantitative estimate of drug-likeness (QED) is 0.747. The molecule has 0 atom stereocenters. The van der Waals surface area contributed by atoms with Gasteiger partial charge in [-0.15, -0.1) is 0 Å². The minimum Gasteiger partial charge on any atom is -0.389 e. The Morgan fingerprint density at radius 1 is 1.50 bits per heavy atom. The summed E-state index contributed by atoms with van der Waals surface area (Å²) in [6.45, 7) is 3.49. The molecule has 0 saturated heterocycles. The van der Waals surface area contributed by atoms with Crippen LogP contribution in [0.3, 0.4) is 0 Å². The van der Waals surface area contributed by atoms with Gasteiger partial charge in [0.1, 0.15) is 10.8 Å². The second kappa shape index (κ2) is 7.91. The lowest BCUT2D eigenvalue weighted by Gasteiger charge is -2.17. The van der Waals surface area contributed by atoms with E-state index in [0.29, 0.717) is 19.6 Å². The Kier molecular flexibility index (Phi) is 6.54. The molecule has 0 aliphatic heterocycles. The Labute approximate surface area is 124 Å². The molecule has 0 heterocycles. The number of rotatable bonds is 7. The molecule has 4 nitrogen and oxygen atoms in total. The van der Waals surface area contributed by atoms with Gasteiger partial charge >= 0.3 is 0 Å². The van der Waals surface area contributed by atoms with E-state index in [2.05, 4.69) is 5.32 Å². The van der Waals surface area contributed by atoms with Gasteiger partial charge in [-0.2, -0.15) is 0 Å². The summed E-state index contributed by atoms with van der Waals surface area (Å²) in [6, 6.07) is 4.63. The molecule has 0 unspecified atom stereocenters. The molecule has 3 N–H and O–H groups in total. The summed E-state index contributed by atoms with van der Waals surface area (Å²) in [5.41, 5.74) is 6.56. The lowest BCUT2D eigenvalue weighted by Crippen LogP contribution is -2.35. The van der Waals surface area contributed by atoms with Crippen LogP contribution in [0.1, 0.15) is 24.5 Å². The molecule has 110 valence electrons. The monoisotopic (exact) mass is 297 g/mol. The van der Waals surface area contributed by atoms with E-state index < -0.39 is 5.82 Å². The van der Waals surface area contributed by atoms with Crippen molar-refractivity contribution in [3.05, 3.63) is 35.1 Å². The Hall–Kier alpha value is -1.53. The van der Waals surface area contributed by atoms with E-state index in [4.69, 9.17) is 18.0 Å². The fourth-order valence-corrected chi connectivity index (χ4v) is 1.95. The predicted molar refractivity (Wildman–Crippen MR) is 81.9 cm³/mol. The molecule has 1 aromatic rings. The number of nitrogens with one attached hydrogen (secondary N) is 1. The topological polar surface area (TPSA) is 58.4 Å². The molecule has 1 aromatic carbocycles. The second-order valence-corrected chi connectivity index (χ2v) is 5.14. The first-order valence-electron chi connectivity index (χ1n) is 6.47. The Balaban J connectivity index is 2.62. The number of hydrogen-bond donors (Lipinski definition) is 2. The maximum atomic E-state index is 13.5. The van der Waals surface area contributed by atoms with Crippen molar-refractivity contribution in [1.29, 1.82) is 0 Å². The van der Waals surface area contributed by atoms with E-state index in [9.17, 15) is 9.18 Å². The molecule has 0 spiro atoms. The Morgan fingerprint density at radius 2 is 2.20 bits per heavy atom. The smallest absolute Gasteiger partial charge is 0.234 e. The minimum absolute atomic E-state index is 0.0222. The fraction of sp³-hybridized carbons (Fsp3) is 0.429. The first-order valence-corrected chi connectivity index (χ1v) is 6.88. The van der Waals surface area contributed by atoms with Gasteiger partial charge in [-0.25, -0.2) is 4.39 Å². The van der Waals surface area contributed by atoms with Gasteiger partial charge < -0.3 is 11.1 Å². The van der Waals surface area contributed by atoms with Gasteiger partial charge in [-0.05, 0) is 31.2 Å². The number of amides is 1. The summed E-state index contributed by atoms with van der Waals surface area (Å²) in [5, 5.41) is 2.81. The molecular formula is C14H20FN3OS. The van der Waals surface area contributed by atoms with E-state index in [1.165, 1.54) is 6.07 Å². The predicted octanol–water partition coefficient (Wildman–Crippen LogP) is 1.42. The standard InChI is InChI=1S/C14H20FN3OS/c1-3-6-17-13(19)9-18(2)8-10-4-5-12(15)11(7-10)14(16)20/h4-5,7H,3,6,8-9H2,1-2H3,(H2,16,20)(H,17,19). The van der Waals surface area contributed by atoms with Crippen molar-refractivity contribution in [3.63, 3.8) is 0 Å². The Bertz CT molecular complexity index is 493. The molecule has 0 radical (unpaired) electrons.